The van der Waals surface area contributed by atoms with E-state index in [-0.39, 0.29) is 15.5 Å². The van der Waals surface area contributed by atoms with Crippen molar-refractivity contribution in [2.45, 2.75) is 18.7 Å². The molecule has 0 saturated carbocycles. The van der Waals surface area contributed by atoms with Crippen LogP contribution in [-0.2, 0) is 10.0 Å². The summed E-state index contributed by atoms with van der Waals surface area (Å²) in [5.41, 5.74) is 2.93. The second kappa shape index (κ2) is 8.57. The van der Waals surface area contributed by atoms with E-state index < -0.39 is 15.9 Å². The van der Waals surface area contributed by atoms with Crippen LogP contribution >= 0.6 is 27.5 Å². The van der Waals surface area contributed by atoms with Crippen molar-refractivity contribution in [3.05, 3.63) is 86.8 Å². The highest BCUT2D eigenvalue weighted by molar-refractivity contribution is 9.10. The van der Waals surface area contributed by atoms with Gasteiger partial charge in [-0.05, 0) is 73.5 Å². The van der Waals surface area contributed by atoms with Crippen molar-refractivity contribution in [2.24, 2.45) is 0 Å². The Morgan fingerprint density at radius 3 is 2.34 bits per heavy atom. The van der Waals surface area contributed by atoms with Crippen molar-refractivity contribution >= 4 is 54.8 Å². The Labute approximate surface area is 183 Å². The lowest BCUT2D eigenvalue weighted by Gasteiger charge is -2.13. The van der Waals surface area contributed by atoms with Gasteiger partial charge in [0.25, 0.3) is 15.9 Å². The number of hydrogen-bond acceptors (Lipinski definition) is 3. The number of benzene rings is 3. The van der Waals surface area contributed by atoms with E-state index in [0.717, 1.165) is 15.6 Å². The van der Waals surface area contributed by atoms with Crippen LogP contribution in [0.15, 0.2) is 70.0 Å². The third-order valence-electron chi connectivity index (χ3n) is 4.22. The molecule has 1 amide bonds. The van der Waals surface area contributed by atoms with Crippen LogP contribution in [0.1, 0.15) is 21.5 Å². The second-order valence-electron chi connectivity index (χ2n) is 6.53. The van der Waals surface area contributed by atoms with E-state index in [4.69, 9.17) is 11.6 Å². The van der Waals surface area contributed by atoms with Gasteiger partial charge < -0.3 is 5.32 Å². The van der Waals surface area contributed by atoms with Crippen LogP contribution in [0.5, 0.6) is 0 Å². The van der Waals surface area contributed by atoms with Gasteiger partial charge in [0.2, 0.25) is 0 Å². The number of rotatable bonds is 5. The van der Waals surface area contributed by atoms with Crippen LogP contribution < -0.4 is 10.0 Å². The smallest absolute Gasteiger partial charge is 0.263 e. The first-order valence-corrected chi connectivity index (χ1v) is 11.3. The lowest BCUT2D eigenvalue weighted by molar-refractivity contribution is 0.102. The number of sulfonamides is 1. The largest absolute Gasteiger partial charge is 0.322 e. The molecule has 0 fully saturated rings. The molecule has 0 aromatic heterocycles. The minimum Gasteiger partial charge on any atom is -0.322 e. The maximum absolute atomic E-state index is 12.9. The zero-order valence-corrected chi connectivity index (χ0v) is 18.8. The monoisotopic (exact) mass is 492 g/mol. The number of carbonyl (C=O) groups is 1. The van der Waals surface area contributed by atoms with Gasteiger partial charge in [-0.2, -0.15) is 0 Å². The minimum atomic E-state index is -3.99. The van der Waals surface area contributed by atoms with Crippen molar-refractivity contribution in [1.82, 2.24) is 0 Å². The maximum atomic E-state index is 12.9. The molecule has 0 heterocycles. The summed E-state index contributed by atoms with van der Waals surface area (Å²) >= 11 is 9.48. The third kappa shape index (κ3) is 5.18. The molecule has 29 heavy (non-hydrogen) atoms. The molecule has 2 N–H and O–H groups in total. The van der Waals surface area contributed by atoms with Crippen molar-refractivity contribution in [1.29, 1.82) is 0 Å². The SMILES string of the molecule is Cc1ccc(C)c(NS(=O)(=O)c2cc(C(=O)Nc3ccc(Br)cc3)ccc2Cl)c1. The maximum Gasteiger partial charge on any atom is 0.263 e. The number of hydrogen-bond donors (Lipinski definition) is 2. The molecule has 0 aliphatic rings. The highest BCUT2D eigenvalue weighted by atomic mass is 79.9. The van der Waals surface area contributed by atoms with Gasteiger partial charge in [0.1, 0.15) is 4.90 Å². The highest BCUT2D eigenvalue weighted by Gasteiger charge is 2.21. The Morgan fingerprint density at radius 2 is 1.66 bits per heavy atom. The van der Waals surface area contributed by atoms with E-state index in [0.29, 0.717) is 11.4 Å². The first-order chi connectivity index (χ1) is 13.7. The number of anilines is 2. The Bertz CT molecular complexity index is 1180. The van der Waals surface area contributed by atoms with Gasteiger partial charge in [0.15, 0.2) is 0 Å². The molecule has 3 aromatic rings. The van der Waals surface area contributed by atoms with E-state index in [9.17, 15) is 13.2 Å². The zero-order chi connectivity index (χ0) is 21.2. The molecule has 0 spiro atoms. The van der Waals surface area contributed by atoms with Crippen molar-refractivity contribution < 1.29 is 13.2 Å². The first kappa shape index (κ1) is 21.4. The van der Waals surface area contributed by atoms with Crippen molar-refractivity contribution in [2.75, 3.05) is 10.0 Å². The summed E-state index contributed by atoms with van der Waals surface area (Å²) < 4.78 is 29.3. The summed E-state index contributed by atoms with van der Waals surface area (Å²) in [6.07, 6.45) is 0. The molecule has 8 heteroatoms. The standard InChI is InChI=1S/C21H18BrClN2O3S/c1-13-3-4-14(2)19(11-13)25-29(27,28)20-12-15(5-10-18(20)23)21(26)24-17-8-6-16(22)7-9-17/h3-12,25H,1-2H3,(H,24,26). The van der Waals surface area contributed by atoms with E-state index in [2.05, 4.69) is 26.0 Å². The molecule has 5 nitrogen and oxygen atoms in total. The van der Waals surface area contributed by atoms with Crippen molar-refractivity contribution in [3.8, 4) is 0 Å². The first-order valence-electron chi connectivity index (χ1n) is 8.62. The summed E-state index contributed by atoms with van der Waals surface area (Å²) in [6.45, 7) is 3.68. The van der Waals surface area contributed by atoms with Gasteiger partial charge in [0, 0.05) is 15.7 Å². The number of halogens is 2. The molecule has 0 atom stereocenters. The lowest BCUT2D eigenvalue weighted by Crippen LogP contribution is -2.17. The summed E-state index contributed by atoms with van der Waals surface area (Å²) in [4.78, 5) is 12.4. The molecule has 0 unspecified atom stereocenters. The van der Waals surface area contributed by atoms with Gasteiger partial charge in [-0.25, -0.2) is 8.42 Å². The molecular formula is C21H18BrClN2O3S. The van der Waals surface area contributed by atoms with Gasteiger partial charge in [0.05, 0.1) is 10.7 Å². The number of aryl methyl sites for hydroxylation is 2. The second-order valence-corrected chi connectivity index (χ2v) is 9.50. The molecule has 0 radical (unpaired) electrons. The van der Waals surface area contributed by atoms with Crippen LogP contribution in [0, 0.1) is 13.8 Å². The normalized spacial score (nSPS) is 11.2. The third-order valence-corrected chi connectivity index (χ3v) is 6.60. The van der Waals surface area contributed by atoms with Gasteiger partial charge >= 0.3 is 0 Å². The van der Waals surface area contributed by atoms with Crippen LogP contribution in [0.4, 0.5) is 11.4 Å². The Balaban J connectivity index is 1.90. The van der Waals surface area contributed by atoms with E-state index in [1.165, 1.54) is 18.2 Å². The number of carbonyl (C=O) groups excluding carboxylic acids is 1. The Hall–Kier alpha value is -2.35. The average Bonchev–Trinajstić information content (AvgIpc) is 2.66. The quantitative estimate of drug-likeness (QED) is 0.473. The van der Waals surface area contributed by atoms with Gasteiger partial charge in [-0.1, -0.05) is 39.7 Å². The highest BCUT2D eigenvalue weighted by Crippen LogP contribution is 2.27. The molecule has 150 valence electrons. The number of amides is 1. The zero-order valence-electron chi connectivity index (χ0n) is 15.7. The molecule has 0 aliphatic heterocycles. The molecular weight excluding hydrogens is 476 g/mol. The molecule has 0 bridgehead atoms. The minimum absolute atomic E-state index is 0.0306. The molecule has 3 rings (SSSR count). The van der Waals surface area contributed by atoms with E-state index in [1.54, 1.807) is 37.3 Å². The van der Waals surface area contributed by atoms with Crippen LogP contribution in [0.25, 0.3) is 0 Å². The van der Waals surface area contributed by atoms with Crippen molar-refractivity contribution in [3.63, 3.8) is 0 Å². The van der Waals surface area contributed by atoms with Crippen LogP contribution in [-0.4, -0.2) is 14.3 Å². The molecule has 0 saturated heterocycles. The lowest BCUT2D eigenvalue weighted by atomic mass is 10.1. The summed E-state index contributed by atoms with van der Waals surface area (Å²) in [5, 5.41) is 2.76. The fraction of sp³-hybridized carbons (Fsp3) is 0.0952. The fourth-order valence-corrected chi connectivity index (χ4v) is 4.55. The predicted molar refractivity (Wildman–Crippen MR) is 120 cm³/mol. The van der Waals surface area contributed by atoms with E-state index in [1.807, 2.05) is 19.1 Å². The van der Waals surface area contributed by atoms with Crippen LogP contribution in [0.3, 0.4) is 0 Å². The molecule has 0 aliphatic carbocycles. The Morgan fingerprint density at radius 1 is 0.966 bits per heavy atom. The van der Waals surface area contributed by atoms with Gasteiger partial charge in [-0.3, -0.25) is 9.52 Å². The fourth-order valence-electron chi connectivity index (χ4n) is 2.63. The summed E-state index contributed by atoms with van der Waals surface area (Å²) in [6, 6.07) is 16.7. The number of nitrogens with one attached hydrogen (secondary N) is 2. The average molecular weight is 494 g/mol. The topological polar surface area (TPSA) is 75.3 Å². The summed E-state index contributed by atoms with van der Waals surface area (Å²) in [5.74, 6) is -0.438. The van der Waals surface area contributed by atoms with Gasteiger partial charge in [-0.15, -0.1) is 0 Å². The van der Waals surface area contributed by atoms with Crippen LogP contribution in [0.2, 0.25) is 5.02 Å². The summed E-state index contributed by atoms with van der Waals surface area (Å²) in [7, 11) is -3.99. The molecule has 3 aromatic carbocycles. The Kier molecular flexibility index (Phi) is 6.31. The van der Waals surface area contributed by atoms with E-state index >= 15 is 0 Å². The predicted octanol–water partition coefficient (Wildman–Crippen LogP) is 5.77.